The second-order valence-electron chi connectivity index (χ2n) is 8.59. The van der Waals surface area contributed by atoms with Crippen molar-refractivity contribution in [2.24, 2.45) is 5.92 Å². The molecule has 1 saturated heterocycles. The predicted molar refractivity (Wildman–Crippen MR) is 125 cm³/mol. The molecule has 0 spiro atoms. The number of nitrogens with zero attached hydrogens (tertiary/aromatic N) is 1. The van der Waals surface area contributed by atoms with Gasteiger partial charge in [0.1, 0.15) is 5.37 Å². The lowest BCUT2D eigenvalue weighted by molar-refractivity contribution is -0.120. The highest BCUT2D eigenvalue weighted by Crippen LogP contribution is 2.44. The molecule has 30 heavy (non-hydrogen) atoms. The summed E-state index contributed by atoms with van der Waals surface area (Å²) in [7, 11) is 0. The van der Waals surface area contributed by atoms with Crippen LogP contribution < -0.4 is 10.2 Å². The molecule has 1 heterocycles. The zero-order chi connectivity index (χ0) is 21.1. The fourth-order valence-corrected chi connectivity index (χ4v) is 5.64. The van der Waals surface area contributed by atoms with E-state index in [-0.39, 0.29) is 23.1 Å². The van der Waals surface area contributed by atoms with E-state index in [1.807, 2.05) is 47.4 Å². The van der Waals surface area contributed by atoms with Gasteiger partial charge in [-0.1, -0.05) is 63.4 Å². The Morgan fingerprint density at radius 3 is 2.43 bits per heavy atom. The van der Waals surface area contributed by atoms with Gasteiger partial charge in [-0.2, -0.15) is 0 Å². The van der Waals surface area contributed by atoms with Crippen LogP contribution >= 0.6 is 11.8 Å². The number of hydrogen-bond acceptors (Lipinski definition) is 3. The molecule has 0 radical (unpaired) electrons. The third kappa shape index (κ3) is 4.41. The molecular formula is C25H30N2O2S. The van der Waals surface area contributed by atoms with E-state index in [2.05, 4.69) is 25.2 Å². The minimum atomic E-state index is -0.0412. The summed E-state index contributed by atoms with van der Waals surface area (Å²) >= 11 is 1.66. The molecule has 0 bridgehead atoms. The molecule has 0 unspecified atom stereocenters. The molecule has 2 aliphatic rings. The van der Waals surface area contributed by atoms with E-state index in [9.17, 15) is 9.59 Å². The van der Waals surface area contributed by atoms with Crippen LogP contribution in [0.1, 0.15) is 68.4 Å². The predicted octanol–water partition coefficient (Wildman–Crippen LogP) is 6.11. The summed E-state index contributed by atoms with van der Waals surface area (Å²) in [6.45, 7) is 4.32. The molecule has 1 N–H and O–H groups in total. The van der Waals surface area contributed by atoms with Gasteiger partial charge in [0.15, 0.2) is 0 Å². The number of thioether (sulfide) groups is 1. The van der Waals surface area contributed by atoms with Crippen LogP contribution in [0, 0.1) is 5.92 Å². The lowest BCUT2D eigenvalue weighted by Gasteiger charge is -2.28. The van der Waals surface area contributed by atoms with Crippen molar-refractivity contribution in [2.45, 2.75) is 57.2 Å². The molecule has 2 aromatic carbocycles. The van der Waals surface area contributed by atoms with Crippen molar-refractivity contribution in [3.63, 3.8) is 0 Å². The maximum atomic E-state index is 12.8. The van der Waals surface area contributed by atoms with Crippen molar-refractivity contribution in [1.82, 2.24) is 0 Å². The van der Waals surface area contributed by atoms with Crippen LogP contribution in [0.2, 0.25) is 0 Å². The Balaban J connectivity index is 1.52. The molecule has 5 heteroatoms. The van der Waals surface area contributed by atoms with Gasteiger partial charge in [-0.25, -0.2) is 0 Å². The summed E-state index contributed by atoms with van der Waals surface area (Å²) in [5, 5.41) is 3.04. The van der Waals surface area contributed by atoms with Crippen LogP contribution in [0.15, 0.2) is 48.5 Å². The molecule has 4 nitrogen and oxygen atoms in total. The van der Waals surface area contributed by atoms with Crippen molar-refractivity contribution in [3.8, 4) is 0 Å². The van der Waals surface area contributed by atoms with Gasteiger partial charge < -0.3 is 5.32 Å². The lowest BCUT2D eigenvalue weighted by Crippen LogP contribution is -2.29. The van der Waals surface area contributed by atoms with Crippen LogP contribution in [-0.2, 0) is 9.59 Å². The van der Waals surface area contributed by atoms with E-state index < -0.39 is 0 Å². The van der Waals surface area contributed by atoms with E-state index in [1.165, 1.54) is 12.0 Å². The standard InChI is InChI=1S/C25H30N2O2S/c1-17(2)21-10-6-7-11-22(21)27-23(28)16-30-25(27)19-12-14-20(15-13-19)26-24(29)18-8-4-3-5-9-18/h6-7,10-15,17-18,25H,3-5,8-9,16H2,1-2H3,(H,26,29)/t25-/m0/s1. The molecule has 2 fully saturated rings. The summed E-state index contributed by atoms with van der Waals surface area (Å²) in [5.74, 6) is 1.26. The van der Waals surface area contributed by atoms with E-state index in [1.54, 1.807) is 11.8 Å². The summed E-state index contributed by atoms with van der Waals surface area (Å²) < 4.78 is 0. The van der Waals surface area contributed by atoms with Crippen molar-refractivity contribution in [1.29, 1.82) is 0 Å². The van der Waals surface area contributed by atoms with Gasteiger partial charge in [-0.05, 0) is 48.1 Å². The Bertz CT molecular complexity index is 904. The SMILES string of the molecule is CC(C)c1ccccc1N1C(=O)CS[C@H]1c1ccc(NC(=O)C2CCCCC2)cc1. The monoisotopic (exact) mass is 422 g/mol. The number of benzene rings is 2. The van der Waals surface area contributed by atoms with Crippen LogP contribution in [0.5, 0.6) is 0 Å². The number of carbonyl (C=O) groups excluding carboxylic acids is 2. The first kappa shape index (κ1) is 21.0. The number of nitrogens with one attached hydrogen (secondary N) is 1. The number of anilines is 2. The second-order valence-corrected chi connectivity index (χ2v) is 9.66. The molecule has 4 rings (SSSR count). The Morgan fingerprint density at radius 2 is 1.73 bits per heavy atom. The van der Waals surface area contributed by atoms with Crippen molar-refractivity contribution >= 4 is 35.0 Å². The maximum absolute atomic E-state index is 12.8. The summed E-state index contributed by atoms with van der Waals surface area (Å²) in [5.41, 5.74) is 4.11. The van der Waals surface area contributed by atoms with E-state index in [0.29, 0.717) is 11.7 Å². The summed E-state index contributed by atoms with van der Waals surface area (Å²) in [4.78, 5) is 27.2. The maximum Gasteiger partial charge on any atom is 0.238 e. The van der Waals surface area contributed by atoms with Gasteiger partial charge in [0.05, 0.1) is 5.75 Å². The molecule has 1 saturated carbocycles. The number of para-hydroxylation sites is 1. The van der Waals surface area contributed by atoms with Gasteiger partial charge in [-0.3, -0.25) is 14.5 Å². The molecule has 2 amide bonds. The number of amides is 2. The zero-order valence-corrected chi connectivity index (χ0v) is 18.6. The smallest absolute Gasteiger partial charge is 0.238 e. The summed E-state index contributed by atoms with van der Waals surface area (Å²) in [6, 6.07) is 16.2. The first-order valence-corrected chi connectivity index (χ1v) is 12.0. The molecule has 1 atom stereocenters. The van der Waals surface area contributed by atoms with Crippen LogP contribution in [0.25, 0.3) is 0 Å². The van der Waals surface area contributed by atoms with Gasteiger partial charge in [0, 0.05) is 17.3 Å². The minimum absolute atomic E-state index is 0.0412. The normalized spacial score (nSPS) is 20.0. The largest absolute Gasteiger partial charge is 0.326 e. The first-order valence-electron chi connectivity index (χ1n) is 11.0. The minimum Gasteiger partial charge on any atom is -0.326 e. The third-order valence-corrected chi connectivity index (χ3v) is 7.34. The Hall–Kier alpha value is -2.27. The quantitative estimate of drug-likeness (QED) is 0.633. The van der Waals surface area contributed by atoms with E-state index in [4.69, 9.17) is 0 Å². The fraction of sp³-hybridized carbons (Fsp3) is 0.440. The van der Waals surface area contributed by atoms with Gasteiger partial charge >= 0.3 is 0 Å². The Kier molecular flexibility index (Phi) is 6.47. The highest BCUT2D eigenvalue weighted by Gasteiger charge is 2.35. The Labute approximate surface area is 183 Å². The van der Waals surface area contributed by atoms with Crippen molar-refractivity contribution < 1.29 is 9.59 Å². The average molecular weight is 423 g/mol. The van der Waals surface area contributed by atoms with Gasteiger partial charge in [0.2, 0.25) is 11.8 Å². The second kappa shape index (κ2) is 9.25. The number of hydrogen-bond donors (Lipinski definition) is 1. The number of carbonyl (C=O) groups is 2. The van der Waals surface area contributed by atoms with Gasteiger partial charge in [0.25, 0.3) is 0 Å². The average Bonchev–Trinajstić information content (AvgIpc) is 3.16. The molecule has 1 aliphatic heterocycles. The lowest BCUT2D eigenvalue weighted by atomic mass is 9.88. The van der Waals surface area contributed by atoms with Crippen LogP contribution in [0.3, 0.4) is 0 Å². The molecule has 0 aromatic heterocycles. The van der Waals surface area contributed by atoms with Gasteiger partial charge in [-0.15, -0.1) is 11.8 Å². The van der Waals surface area contributed by atoms with E-state index in [0.717, 1.165) is 42.6 Å². The van der Waals surface area contributed by atoms with Crippen LogP contribution in [0.4, 0.5) is 11.4 Å². The highest BCUT2D eigenvalue weighted by molar-refractivity contribution is 8.00. The van der Waals surface area contributed by atoms with Crippen molar-refractivity contribution in [2.75, 3.05) is 16.0 Å². The van der Waals surface area contributed by atoms with E-state index >= 15 is 0 Å². The summed E-state index contributed by atoms with van der Waals surface area (Å²) in [6.07, 6.45) is 5.53. The molecule has 2 aromatic rings. The fourth-order valence-electron chi connectivity index (χ4n) is 4.47. The first-order chi connectivity index (χ1) is 14.5. The Morgan fingerprint density at radius 1 is 1.03 bits per heavy atom. The molecule has 1 aliphatic carbocycles. The molecule has 158 valence electrons. The zero-order valence-electron chi connectivity index (χ0n) is 17.8. The number of rotatable bonds is 5. The van der Waals surface area contributed by atoms with Crippen molar-refractivity contribution in [3.05, 3.63) is 59.7 Å². The third-order valence-electron chi connectivity index (χ3n) is 6.13. The molecular weight excluding hydrogens is 392 g/mol. The topological polar surface area (TPSA) is 49.4 Å². The highest BCUT2D eigenvalue weighted by atomic mass is 32.2. The van der Waals surface area contributed by atoms with Crippen LogP contribution in [-0.4, -0.2) is 17.6 Å².